The Kier molecular flexibility index (Phi) is 4.88. The van der Waals surface area contributed by atoms with Crippen LogP contribution in [0.5, 0.6) is 11.5 Å². The number of aryl methyl sites for hydroxylation is 1. The Morgan fingerprint density at radius 2 is 1.81 bits per heavy atom. The van der Waals surface area contributed by atoms with Crippen LogP contribution >= 0.6 is 0 Å². The van der Waals surface area contributed by atoms with Crippen molar-refractivity contribution in [2.45, 2.75) is 26.8 Å². The van der Waals surface area contributed by atoms with Gasteiger partial charge in [0.1, 0.15) is 24.7 Å². The van der Waals surface area contributed by atoms with Gasteiger partial charge in [0.05, 0.1) is 17.6 Å². The first-order valence-corrected chi connectivity index (χ1v) is 8.39. The number of amides is 1. The minimum Gasteiger partial charge on any atom is -0.548 e. The number of furan rings is 1. The smallest absolute Gasteiger partial charge is 0.255 e. The quantitative estimate of drug-likeness (QED) is 0.870. The molecule has 0 bridgehead atoms. The van der Waals surface area contributed by atoms with Crippen LogP contribution in [0.1, 0.15) is 30.0 Å². The van der Waals surface area contributed by atoms with Crippen LogP contribution in [0.4, 0.5) is 0 Å². The van der Waals surface area contributed by atoms with Crippen molar-refractivity contribution < 1.29 is 28.6 Å². The number of rotatable bonds is 5. The molecule has 0 spiro atoms. The number of carbonyl (C=O) groups is 2. The Balaban J connectivity index is 1.85. The zero-order valence-electron chi connectivity index (χ0n) is 14.8. The molecule has 1 N–H and O–H groups in total. The van der Waals surface area contributed by atoms with E-state index in [2.05, 4.69) is 5.32 Å². The summed E-state index contributed by atoms with van der Waals surface area (Å²) in [5, 5.41) is 13.7. The first-order chi connectivity index (χ1) is 12.4. The Bertz CT molecular complexity index is 839. The van der Waals surface area contributed by atoms with Gasteiger partial charge in [0.15, 0.2) is 11.5 Å². The van der Waals surface area contributed by atoms with Crippen LogP contribution in [0.3, 0.4) is 0 Å². The van der Waals surface area contributed by atoms with E-state index < -0.39 is 17.9 Å². The second-order valence-electron chi connectivity index (χ2n) is 6.45. The zero-order valence-corrected chi connectivity index (χ0v) is 14.8. The first kappa shape index (κ1) is 17.8. The highest BCUT2D eigenvalue weighted by atomic mass is 16.6. The van der Waals surface area contributed by atoms with Crippen molar-refractivity contribution >= 4 is 11.9 Å². The van der Waals surface area contributed by atoms with E-state index in [-0.39, 0.29) is 11.5 Å². The summed E-state index contributed by atoms with van der Waals surface area (Å²) in [5.41, 5.74) is 1.01. The van der Waals surface area contributed by atoms with E-state index in [0.717, 1.165) is 5.56 Å². The van der Waals surface area contributed by atoms with Gasteiger partial charge in [-0.3, -0.25) is 4.79 Å². The second-order valence-corrected chi connectivity index (χ2v) is 6.45. The maximum Gasteiger partial charge on any atom is 0.255 e. The number of fused-ring (bicyclic) bond motifs is 1. The number of benzene rings is 1. The highest BCUT2D eigenvalue weighted by molar-refractivity contribution is 5.98. The molecule has 7 nitrogen and oxygen atoms in total. The predicted molar refractivity (Wildman–Crippen MR) is 91.0 cm³/mol. The monoisotopic (exact) mass is 358 g/mol. The van der Waals surface area contributed by atoms with Crippen LogP contribution < -0.4 is 19.9 Å². The van der Waals surface area contributed by atoms with Crippen molar-refractivity contribution in [3.05, 3.63) is 35.6 Å². The van der Waals surface area contributed by atoms with E-state index in [1.165, 1.54) is 0 Å². The lowest BCUT2D eigenvalue weighted by molar-refractivity contribution is -0.309. The topological polar surface area (TPSA) is 101 Å². The van der Waals surface area contributed by atoms with E-state index >= 15 is 0 Å². The van der Waals surface area contributed by atoms with E-state index in [1.807, 2.05) is 6.07 Å². The molecule has 7 heteroatoms. The summed E-state index contributed by atoms with van der Waals surface area (Å²) in [6.07, 6.45) is 0. The normalized spacial score (nSPS) is 14.2. The third kappa shape index (κ3) is 3.51. The summed E-state index contributed by atoms with van der Waals surface area (Å²) in [4.78, 5) is 23.6. The number of hydrogen-bond donors (Lipinski definition) is 1. The van der Waals surface area contributed by atoms with Crippen molar-refractivity contribution in [3.63, 3.8) is 0 Å². The molecule has 1 aliphatic rings. The number of carboxylic acids is 1. The average molecular weight is 358 g/mol. The lowest BCUT2D eigenvalue weighted by atomic mass is 10.0. The molecule has 0 radical (unpaired) electrons. The van der Waals surface area contributed by atoms with E-state index in [4.69, 9.17) is 13.9 Å². The lowest BCUT2D eigenvalue weighted by Gasteiger charge is -2.22. The molecule has 1 aromatic carbocycles. The van der Waals surface area contributed by atoms with Crippen LogP contribution in [0, 0.1) is 12.8 Å². The molecular weight excluding hydrogens is 338 g/mol. The molecule has 0 unspecified atom stereocenters. The summed E-state index contributed by atoms with van der Waals surface area (Å²) in [6, 6.07) is 5.89. The molecule has 0 fully saturated rings. The van der Waals surface area contributed by atoms with Gasteiger partial charge in [0.25, 0.3) is 5.91 Å². The summed E-state index contributed by atoms with van der Waals surface area (Å²) in [5.74, 6) is 0.0287. The largest absolute Gasteiger partial charge is 0.548 e. The molecule has 1 atom stereocenters. The van der Waals surface area contributed by atoms with Crippen LogP contribution in [-0.4, -0.2) is 31.1 Å². The van der Waals surface area contributed by atoms with Crippen LogP contribution in [0.2, 0.25) is 0 Å². The van der Waals surface area contributed by atoms with Crippen LogP contribution in [0.15, 0.2) is 28.7 Å². The third-order valence-electron chi connectivity index (χ3n) is 4.20. The summed E-state index contributed by atoms with van der Waals surface area (Å²) in [7, 11) is 0. The molecule has 2 aromatic rings. The van der Waals surface area contributed by atoms with Crippen molar-refractivity contribution in [1.29, 1.82) is 0 Å². The second kappa shape index (κ2) is 7.11. The van der Waals surface area contributed by atoms with Gasteiger partial charge in [-0.1, -0.05) is 13.8 Å². The number of nitrogens with one attached hydrogen (secondary N) is 1. The fraction of sp³-hybridized carbons (Fsp3) is 0.368. The van der Waals surface area contributed by atoms with Crippen LogP contribution in [0.25, 0.3) is 11.3 Å². The number of hydrogen-bond acceptors (Lipinski definition) is 6. The van der Waals surface area contributed by atoms with Gasteiger partial charge in [-0.2, -0.15) is 0 Å². The highest BCUT2D eigenvalue weighted by Crippen LogP contribution is 2.35. The minimum absolute atomic E-state index is 0.279. The van der Waals surface area contributed by atoms with Gasteiger partial charge in [-0.25, -0.2) is 0 Å². The van der Waals surface area contributed by atoms with Crippen molar-refractivity contribution in [2.75, 3.05) is 13.2 Å². The van der Waals surface area contributed by atoms with Gasteiger partial charge in [0, 0.05) is 5.56 Å². The molecule has 0 aliphatic carbocycles. The van der Waals surface area contributed by atoms with Crippen molar-refractivity contribution in [2.24, 2.45) is 5.92 Å². The first-order valence-electron chi connectivity index (χ1n) is 8.39. The summed E-state index contributed by atoms with van der Waals surface area (Å²) in [6.45, 7) is 6.03. The Labute approximate surface area is 150 Å². The molecule has 2 heterocycles. The molecule has 0 saturated carbocycles. The maximum absolute atomic E-state index is 12.5. The summed E-state index contributed by atoms with van der Waals surface area (Å²) < 4.78 is 16.7. The maximum atomic E-state index is 12.5. The number of carbonyl (C=O) groups excluding carboxylic acids is 2. The molecular formula is C19H20NO6-. The van der Waals surface area contributed by atoms with Gasteiger partial charge >= 0.3 is 0 Å². The standard InChI is InChI=1S/C19H21NO6/c1-10(2)17(19(22)23)20-18(21)13-9-15(26-11(13)3)12-4-5-14-16(8-12)25-7-6-24-14/h4-5,8-10,17H,6-7H2,1-3H3,(H,20,21)(H,22,23)/p-1/t17-/m1/s1. The number of ether oxygens (including phenoxy) is 2. The molecule has 26 heavy (non-hydrogen) atoms. The predicted octanol–water partition coefficient (Wildman–Crippen LogP) is 1.53. The minimum atomic E-state index is -1.32. The molecule has 0 saturated heterocycles. The lowest BCUT2D eigenvalue weighted by Crippen LogP contribution is -2.50. The molecule has 1 aromatic heterocycles. The van der Waals surface area contributed by atoms with Gasteiger partial charge in [0.2, 0.25) is 0 Å². The highest BCUT2D eigenvalue weighted by Gasteiger charge is 2.22. The van der Waals surface area contributed by atoms with Crippen molar-refractivity contribution in [1.82, 2.24) is 5.32 Å². The van der Waals surface area contributed by atoms with Crippen LogP contribution in [-0.2, 0) is 4.79 Å². The Hall–Kier alpha value is -2.96. The van der Waals surface area contributed by atoms with E-state index in [9.17, 15) is 14.7 Å². The molecule has 138 valence electrons. The summed E-state index contributed by atoms with van der Waals surface area (Å²) >= 11 is 0. The Morgan fingerprint density at radius 1 is 1.12 bits per heavy atom. The third-order valence-corrected chi connectivity index (χ3v) is 4.20. The SMILES string of the molecule is Cc1oc(-c2ccc3c(c2)OCCO3)cc1C(=O)N[C@@H](C(=O)[O-])C(C)C. The molecule has 1 aliphatic heterocycles. The molecule has 3 rings (SSSR count). The average Bonchev–Trinajstić information content (AvgIpc) is 3.00. The number of aliphatic carboxylic acids is 1. The van der Waals surface area contributed by atoms with E-state index in [1.54, 1.807) is 39.0 Å². The Morgan fingerprint density at radius 3 is 2.46 bits per heavy atom. The fourth-order valence-electron chi connectivity index (χ4n) is 2.76. The number of carboxylic acid groups (broad SMARTS) is 1. The van der Waals surface area contributed by atoms with Gasteiger partial charge in [-0.15, -0.1) is 0 Å². The van der Waals surface area contributed by atoms with Crippen molar-refractivity contribution in [3.8, 4) is 22.8 Å². The van der Waals surface area contributed by atoms with E-state index in [0.29, 0.717) is 36.2 Å². The fourth-order valence-corrected chi connectivity index (χ4v) is 2.76. The van der Waals surface area contributed by atoms with Gasteiger partial charge < -0.3 is 29.1 Å². The van der Waals surface area contributed by atoms with Gasteiger partial charge in [-0.05, 0) is 37.1 Å². The molecule has 1 amide bonds. The zero-order chi connectivity index (χ0) is 18.8.